The van der Waals surface area contributed by atoms with Crippen molar-refractivity contribution in [1.82, 2.24) is 0 Å². The molecule has 0 saturated heterocycles. The number of rotatable bonds is 4. The summed E-state index contributed by atoms with van der Waals surface area (Å²) in [6.45, 7) is 0.0356. The van der Waals surface area contributed by atoms with Crippen LogP contribution in [0.2, 0.25) is 5.02 Å². The van der Waals surface area contributed by atoms with Crippen molar-refractivity contribution in [3.8, 4) is 22.6 Å². The van der Waals surface area contributed by atoms with Crippen molar-refractivity contribution in [2.75, 3.05) is 11.5 Å². The highest BCUT2D eigenvalue weighted by Gasteiger charge is 2.22. The van der Waals surface area contributed by atoms with Crippen LogP contribution in [0.5, 0.6) is 11.5 Å². The monoisotopic (exact) mass is 405 g/mol. The van der Waals surface area contributed by atoms with Gasteiger partial charge in [0, 0.05) is 11.6 Å². The molecule has 1 aliphatic heterocycles. The van der Waals surface area contributed by atoms with E-state index in [-0.39, 0.29) is 22.4 Å². The number of ether oxygens (including phenoxy) is 2. The van der Waals surface area contributed by atoms with Crippen molar-refractivity contribution in [1.29, 1.82) is 0 Å². The molecule has 0 radical (unpaired) electrons. The number of halogens is 2. The van der Waals surface area contributed by atoms with Gasteiger partial charge in [-0.25, -0.2) is 12.8 Å². The van der Waals surface area contributed by atoms with Gasteiger partial charge in [-0.1, -0.05) is 35.9 Å². The van der Waals surface area contributed by atoms with Gasteiger partial charge in [0.15, 0.2) is 11.5 Å². The van der Waals surface area contributed by atoms with Gasteiger partial charge < -0.3 is 9.47 Å². The molecule has 0 fully saturated rings. The third kappa shape index (κ3) is 3.43. The van der Waals surface area contributed by atoms with Crippen molar-refractivity contribution in [3.63, 3.8) is 0 Å². The first kappa shape index (κ1) is 17.6. The summed E-state index contributed by atoms with van der Waals surface area (Å²) in [6.07, 6.45) is 0. The second-order valence-electron chi connectivity index (χ2n) is 5.80. The fourth-order valence-electron chi connectivity index (χ4n) is 2.73. The minimum atomic E-state index is -3.83. The van der Waals surface area contributed by atoms with Crippen LogP contribution in [-0.4, -0.2) is 15.2 Å². The van der Waals surface area contributed by atoms with Crippen LogP contribution >= 0.6 is 11.6 Å². The number of sulfonamides is 1. The lowest BCUT2D eigenvalue weighted by Gasteiger charge is -2.14. The minimum Gasteiger partial charge on any atom is -0.454 e. The molecular weight excluding hydrogens is 393 g/mol. The molecule has 0 saturated carbocycles. The second-order valence-corrected chi connectivity index (χ2v) is 7.89. The third-order valence-corrected chi connectivity index (χ3v) is 5.71. The van der Waals surface area contributed by atoms with Gasteiger partial charge in [0.2, 0.25) is 6.79 Å². The van der Waals surface area contributed by atoms with Crippen molar-refractivity contribution in [2.45, 2.75) is 4.90 Å². The van der Waals surface area contributed by atoms with E-state index < -0.39 is 15.8 Å². The predicted molar refractivity (Wildman–Crippen MR) is 100 cm³/mol. The van der Waals surface area contributed by atoms with Gasteiger partial charge in [0.1, 0.15) is 5.82 Å². The molecule has 0 spiro atoms. The molecule has 4 rings (SSSR count). The highest BCUT2D eigenvalue weighted by atomic mass is 35.5. The zero-order chi connectivity index (χ0) is 19.0. The second kappa shape index (κ2) is 6.75. The molecule has 0 amide bonds. The van der Waals surface area contributed by atoms with Crippen molar-refractivity contribution in [3.05, 3.63) is 71.5 Å². The van der Waals surface area contributed by atoms with Crippen LogP contribution in [0, 0.1) is 5.82 Å². The SMILES string of the molecule is O=S(=O)(Nc1cc2c(cc1-c1ccc(F)c(Cl)c1)OCO2)c1ccccc1. The Morgan fingerprint density at radius 2 is 1.67 bits per heavy atom. The Kier molecular flexibility index (Phi) is 4.41. The van der Waals surface area contributed by atoms with E-state index in [1.54, 1.807) is 24.3 Å². The summed E-state index contributed by atoms with van der Waals surface area (Å²) >= 11 is 5.89. The molecule has 0 unspecified atom stereocenters. The average Bonchev–Trinajstić information content (AvgIpc) is 3.11. The Hall–Kier alpha value is -2.77. The molecule has 0 bridgehead atoms. The van der Waals surface area contributed by atoms with Crippen molar-refractivity contribution < 1.29 is 22.3 Å². The van der Waals surface area contributed by atoms with E-state index in [2.05, 4.69) is 4.72 Å². The molecule has 0 aliphatic carbocycles. The topological polar surface area (TPSA) is 64.6 Å². The fraction of sp³-hybridized carbons (Fsp3) is 0.0526. The molecule has 138 valence electrons. The van der Waals surface area contributed by atoms with Gasteiger partial charge in [0.05, 0.1) is 15.6 Å². The Balaban J connectivity index is 1.83. The van der Waals surface area contributed by atoms with Gasteiger partial charge in [0.25, 0.3) is 10.0 Å². The van der Waals surface area contributed by atoms with Gasteiger partial charge in [-0.15, -0.1) is 0 Å². The zero-order valence-electron chi connectivity index (χ0n) is 13.8. The summed E-state index contributed by atoms with van der Waals surface area (Å²) in [5.74, 6) is 0.318. The molecule has 27 heavy (non-hydrogen) atoms. The molecule has 0 aromatic heterocycles. The molecule has 3 aromatic carbocycles. The lowest BCUT2D eigenvalue weighted by molar-refractivity contribution is 0.174. The van der Waals surface area contributed by atoms with Gasteiger partial charge in [-0.05, 0) is 35.9 Å². The summed E-state index contributed by atoms with van der Waals surface area (Å²) in [6, 6.07) is 15.3. The first-order valence-corrected chi connectivity index (χ1v) is 9.77. The molecule has 0 atom stereocenters. The first-order chi connectivity index (χ1) is 12.9. The number of nitrogens with one attached hydrogen (secondary N) is 1. The highest BCUT2D eigenvalue weighted by molar-refractivity contribution is 7.92. The van der Waals surface area contributed by atoms with E-state index in [1.165, 1.54) is 36.4 Å². The summed E-state index contributed by atoms with van der Waals surface area (Å²) in [5.41, 5.74) is 1.29. The maximum absolute atomic E-state index is 13.5. The zero-order valence-corrected chi connectivity index (χ0v) is 15.4. The van der Waals surface area contributed by atoms with Gasteiger partial charge in [-0.2, -0.15) is 0 Å². The highest BCUT2D eigenvalue weighted by Crippen LogP contribution is 2.42. The van der Waals surface area contributed by atoms with E-state index >= 15 is 0 Å². The van der Waals surface area contributed by atoms with Gasteiger partial charge >= 0.3 is 0 Å². The van der Waals surface area contributed by atoms with Crippen LogP contribution in [0.15, 0.2) is 65.6 Å². The Morgan fingerprint density at radius 1 is 0.963 bits per heavy atom. The number of hydrogen-bond donors (Lipinski definition) is 1. The molecule has 1 heterocycles. The van der Waals surface area contributed by atoms with Crippen LogP contribution in [0.1, 0.15) is 0 Å². The Bertz CT molecular complexity index is 1120. The molecule has 5 nitrogen and oxygen atoms in total. The van der Waals surface area contributed by atoms with E-state index in [1.807, 2.05) is 0 Å². The maximum Gasteiger partial charge on any atom is 0.261 e. The first-order valence-electron chi connectivity index (χ1n) is 7.91. The third-order valence-electron chi connectivity index (χ3n) is 4.04. The maximum atomic E-state index is 13.5. The van der Waals surface area contributed by atoms with Crippen molar-refractivity contribution in [2.24, 2.45) is 0 Å². The fourth-order valence-corrected chi connectivity index (χ4v) is 4.00. The van der Waals surface area contributed by atoms with Gasteiger partial charge in [-0.3, -0.25) is 4.72 Å². The van der Waals surface area contributed by atoms with E-state index in [0.29, 0.717) is 22.6 Å². The molecule has 1 aliphatic rings. The molecular formula is C19H13ClFNO4S. The summed E-state index contributed by atoms with van der Waals surface area (Å²) in [4.78, 5) is 0.116. The average molecular weight is 406 g/mol. The Morgan fingerprint density at radius 3 is 2.37 bits per heavy atom. The van der Waals surface area contributed by atoms with Crippen LogP contribution in [0.3, 0.4) is 0 Å². The van der Waals surface area contributed by atoms with Crippen LogP contribution < -0.4 is 14.2 Å². The lowest BCUT2D eigenvalue weighted by Crippen LogP contribution is -2.13. The summed E-state index contributed by atoms with van der Waals surface area (Å²) in [5, 5.41) is -0.0676. The molecule has 8 heteroatoms. The molecule has 3 aromatic rings. The predicted octanol–water partition coefficient (Wildman–Crippen LogP) is 4.68. The largest absolute Gasteiger partial charge is 0.454 e. The van der Waals surface area contributed by atoms with Crippen molar-refractivity contribution >= 4 is 27.3 Å². The number of fused-ring (bicyclic) bond motifs is 1. The van der Waals surface area contributed by atoms with Crippen LogP contribution in [0.4, 0.5) is 10.1 Å². The van der Waals surface area contributed by atoms with E-state index in [4.69, 9.17) is 21.1 Å². The number of anilines is 1. The summed E-state index contributed by atoms with van der Waals surface area (Å²) < 4.78 is 52.3. The normalized spacial score (nSPS) is 12.8. The van der Waals surface area contributed by atoms with Crippen LogP contribution in [0.25, 0.3) is 11.1 Å². The lowest BCUT2D eigenvalue weighted by atomic mass is 10.0. The quantitative estimate of drug-likeness (QED) is 0.684. The number of hydrogen-bond acceptors (Lipinski definition) is 4. The van der Waals surface area contributed by atoms with E-state index in [9.17, 15) is 12.8 Å². The molecule has 1 N–H and O–H groups in total. The Labute approximate surface area is 160 Å². The smallest absolute Gasteiger partial charge is 0.261 e. The minimum absolute atomic E-state index is 0.0356. The van der Waals surface area contributed by atoms with E-state index in [0.717, 1.165) is 0 Å². The standard InChI is InChI=1S/C19H13ClFNO4S/c20-15-8-12(6-7-16(15)21)14-9-18-19(26-11-25-18)10-17(14)22-27(23,24)13-4-2-1-3-5-13/h1-10,22H,11H2. The summed E-state index contributed by atoms with van der Waals surface area (Å²) in [7, 11) is -3.83. The van der Waals surface area contributed by atoms with Crippen LogP contribution in [-0.2, 0) is 10.0 Å². The number of benzene rings is 3.